The van der Waals surface area contributed by atoms with Crippen LogP contribution in [0.25, 0.3) is 0 Å². The normalized spacial score (nSPS) is 20.3. The van der Waals surface area contributed by atoms with Gasteiger partial charge in [-0.15, -0.1) is 0 Å². The van der Waals surface area contributed by atoms with Gasteiger partial charge in [0.15, 0.2) is 0 Å². The molecule has 4 rings (SSSR count). The van der Waals surface area contributed by atoms with E-state index in [0.29, 0.717) is 25.4 Å². The third kappa shape index (κ3) is 4.42. The Labute approximate surface area is 170 Å². The summed E-state index contributed by atoms with van der Waals surface area (Å²) in [5.41, 5.74) is 0.786. The molecular weight excluding hydrogens is 370 g/mol. The number of anilines is 1. The third-order valence-corrected chi connectivity index (χ3v) is 5.76. The first-order valence-electron chi connectivity index (χ1n) is 10.1. The Hall–Kier alpha value is -2.87. The molecule has 0 saturated carbocycles. The number of rotatable bonds is 6. The van der Waals surface area contributed by atoms with Crippen molar-refractivity contribution in [2.75, 3.05) is 51.3 Å². The monoisotopic (exact) mass is 397 g/mol. The molecule has 0 bridgehead atoms. The zero-order valence-electron chi connectivity index (χ0n) is 16.7. The van der Waals surface area contributed by atoms with E-state index in [4.69, 9.17) is 4.74 Å². The average molecular weight is 397 g/mol. The lowest BCUT2D eigenvalue weighted by molar-refractivity contribution is -0.137. The van der Waals surface area contributed by atoms with Crippen molar-refractivity contribution in [2.24, 2.45) is 5.92 Å². The maximum absolute atomic E-state index is 13.0. The van der Waals surface area contributed by atoms with Crippen LogP contribution in [0.1, 0.15) is 6.42 Å². The second kappa shape index (κ2) is 8.65. The Morgan fingerprint density at radius 2 is 2.03 bits per heavy atom. The Morgan fingerprint density at radius 3 is 2.76 bits per heavy atom. The van der Waals surface area contributed by atoms with Gasteiger partial charge in [0.1, 0.15) is 5.75 Å². The van der Waals surface area contributed by atoms with Gasteiger partial charge in [-0.05, 0) is 12.1 Å². The van der Waals surface area contributed by atoms with E-state index in [-0.39, 0.29) is 24.2 Å². The van der Waals surface area contributed by atoms with Crippen LogP contribution in [0.2, 0.25) is 0 Å². The number of carbonyl (C=O) groups is 2. The van der Waals surface area contributed by atoms with Gasteiger partial charge in [-0.25, -0.2) is 4.98 Å². The number of carbonyl (C=O) groups excluding carboxylic acids is 2. The number of ether oxygens (including phenoxy) is 1. The number of imidazole rings is 1. The minimum absolute atomic E-state index is 0.00410. The fraction of sp³-hybridized carbons (Fsp3) is 0.476. The SMILES string of the molecule is COc1cccc(N2CC(C(=O)N3CCN(CCn4ccnc4)CC3)CC2=O)c1. The maximum Gasteiger partial charge on any atom is 0.228 e. The van der Waals surface area contributed by atoms with E-state index in [1.807, 2.05) is 41.7 Å². The molecule has 29 heavy (non-hydrogen) atoms. The van der Waals surface area contributed by atoms with Gasteiger partial charge in [-0.2, -0.15) is 0 Å². The van der Waals surface area contributed by atoms with Gasteiger partial charge in [0.05, 0.1) is 19.4 Å². The van der Waals surface area contributed by atoms with Crippen molar-refractivity contribution in [3.8, 4) is 5.75 Å². The topological polar surface area (TPSA) is 70.9 Å². The number of hydrogen-bond donors (Lipinski definition) is 0. The largest absolute Gasteiger partial charge is 0.497 e. The molecule has 1 atom stereocenters. The fourth-order valence-corrected chi connectivity index (χ4v) is 4.03. The van der Waals surface area contributed by atoms with E-state index in [1.54, 1.807) is 18.2 Å². The van der Waals surface area contributed by atoms with E-state index in [9.17, 15) is 9.59 Å². The van der Waals surface area contributed by atoms with E-state index in [1.165, 1.54) is 0 Å². The first kappa shape index (κ1) is 19.4. The van der Waals surface area contributed by atoms with Gasteiger partial charge < -0.3 is 19.1 Å². The quantitative estimate of drug-likeness (QED) is 0.730. The van der Waals surface area contributed by atoms with Gasteiger partial charge in [-0.1, -0.05) is 6.07 Å². The van der Waals surface area contributed by atoms with Crippen LogP contribution in [0.5, 0.6) is 5.75 Å². The standard InChI is InChI=1S/C21H27N5O3/c1-29-19-4-2-3-18(14-19)26-15-17(13-20(26)27)21(28)25-11-9-23(10-12-25)7-8-24-6-5-22-16-24/h2-6,14,16-17H,7-13,15H2,1H3. The van der Waals surface area contributed by atoms with Crippen LogP contribution in [0, 0.1) is 5.92 Å². The molecule has 154 valence electrons. The van der Waals surface area contributed by atoms with Crippen LogP contribution in [-0.4, -0.2) is 77.5 Å². The Balaban J connectivity index is 1.29. The molecule has 0 N–H and O–H groups in total. The van der Waals surface area contributed by atoms with E-state index >= 15 is 0 Å². The summed E-state index contributed by atoms with van der Waals surface area (Å²) in [4.78, 5) is 35.6. The average Bonchev–Trinajstić information content (AvgIpc) is 3.42. The highest BCUT2D eigenvalue weighted by Crippen LogP contribution is 2.29. The summed E-state index contributed by atoms with van der Waals surface area (Å²) in [5, 5.41) is 0. The van der Waals surface area contributed by atoms with Crippen LogP contribution in [-0.2, 0) is 16.1 Å². The molecular formula is C21H27N5O3. The second-order valence-electron chi connectivity index (χ2n) is 7.57. The number of hydrogen-bond acceptors (Lipinski definition) is 5. The second-order valence-corrected chi connectivity index (χ2v) is 7.57. The minimum atomic E-state index is -0.272. The molecule has 8 nitrogen and oxygen atoms in total. The van der Waals surface area contributed by atoms with Crippen molar-refractivity contribution in [2.45, 2.75) is 13.0 Å². The van der Waals surface area contributed by atoms with Crippen molar-refractivity contribution in [1.29, 1.82) is 0 Å². The molecule has 1 aromatic carbocycles. The number of nitrogens with zero attached hydrogens (tertiary/aromatic N) is 5. The lowest BCUT2D eigenvalue weighted by Gasteiger charge is -2.35. The highest BCUT2D eigenvalue weighted by atomic mass is 16.5. The van der Waals surface area contributed by atoms with Crippen LogP contribution in [0.15, 0.2) is 43.0 Å². The zero-order chi connectivity index (χ0) is 20.2. The number of amides is 2. The Bertz CT molecular complexity index is 846. The molecule has 2 fully saturated rings. The fourth-order valence-electron chi connectivity index (χ4n) is 4.03. The van der Waals surface area contributed by atoms with Crippen molar-refractivity contribution < 1.29 is 14.3 Å². The summed E-state index contributed by atoms with van der Waals surface area (Å²) >= 11 is 0. The van der Waals surface area contributed by atoms with E-state index < -0.39 is 0 Å². The number of piperazine rings is 1. The summed E-state index contributed by atoms with van der Waals surface area (Å²) in [5.74, 6) is 0.525. The molecule has 1 aromatic heterocycles. The number of methoxy groups -OCH3 is 1. The molecule has 2 amide bonds. The Morgan fingerprint density at radius 1 is 1.21 bits per heavy atom. The molecule has 0 spiro atoms. The van der Waals surface area contributed by atoms with Gasteiger partial charge in [0, 0.05) is 76.4 Å². The predicted octanol–water partition coefficient (Wildman–Crippen LogP) is 1.09. The highest BCUT2D eigenvalue weighted by Gasteiger charge is 2.38. The first-order valence-corrected chi connectivity index (χ1v) is 10.1. The summed E-state index contributed by atoms with van der Waals surface area (Å²) in [6.45, 7) is 5.44. The molecule has 0 aliphatic carbocycles. The highest BCUT2D eigenvalue weighted by molar-refractivity contribution is 6.00. The number of aromatic nitrogens is 2. The van der Waals surface area contributed by atoms with Crippen molar-refractivity contribution in [1.82, 2.24) is 19.4 Å². The molecule has 2 aliphatic rings. The molecule has 2 aromatic rings. The summed E-state index contributed by atoms with van der Waals surface area (Å²) in [6, 6.07) is 7.43. The van der Waals surface area contributed by atoms with Crippen molar-refractivity contribution >= 4 is 17.5 Å². The maximum atomic E-state index is 13.0. The molecule has 2 aliphatic heterocycles. The Kier molecular flexibility index (Phi) is 5.80. The van der Waals surface area contributed by atoms with Gasteiger partial charge >= 0.3 is 0 Å². The van der Waals surface area contributed by atoms with Crippen molar-refractivity contribution in [3.63, 3.8) is 0 Å². The summed E-state index contributed by atoms with van der Waals surface area (Å²) < 4.78 is 7.31. The van der Waals surface area contributed by atoms with Crippen LogP contribution in [0.3, 0.4) is 0 Å². The molecule has 3 heterocycles. The lowest BCUT2D eigenvalue weighted by Crippen LogP contribution is -2.51. The van der Waals surface area contributed by atoms with E-state index in [2.05, 4.69) is 14.5 Å². The molecule has 8 heteroatoms. The minimum Gasteiger partial charge on any atom is -0.497 e. The van der Waals surface area contributed by atoms with E-state index in [0.717, 1.165) is 31.9 Å². The summed E-state index contributed by atoms with van der Waals surface area (Å²) in [6.07, 6.45) is 5.85. The van der Waals surface area contributed by atoms with Gasteiger partial charge in [0.2, 0.25) is 11.8 Å². The third-order valence-electron chi connectivity index (χ3n) is 5.76. The van der Waals surface area contributed by atoms with Crippen molar-refractivity contribution in [3.05, 3.63) is 43.0 Å². The summed E-state index contributed by atoms with van der Waals surface area (Å²) in [7, 11) is 1.60. The molecule has 0 radical (unpaired) electrons. The molecule has 1 unspecified atom stereocenters. The van der Waals surface area contributed by atoms with Crippen LogP contribution in [0.4, 0.5) is 5.69 Å². The van der Waals surface area contributed by atoms with Gasteiger partial charge in [0.25, 0.3) is 0 Å². The van der Waals surface area contributed by atoms with Crippen LogP contribution >= 0.6 is 0 Å². The zero-order valence-corrected chi connectivity index (χ0v) is 16.7. The van der Waals surface area contributed by atoms with Gasteiger partial charge in [-0.3, -0.25) is 14.5 Å². The predicted molar refractivity (Wildman–Crippen MR) is 109 cm³/mol. The van der Waals surface area contributed by atoms with Crippen LogP contribution < -0.4 is 9.64 Å². The molecule has 2 saturated heterocycles. The first-order chi connectivity index (χ1) is 14.1. The number of benzene rings is 1. The smallest absolute Gasteiger partial charge is 0.228 e. The lowest BCUT2D eigenvalue weighted by atomic mass is 10.1.